The standard InChI is InChI=1S/C17H29N3O/c1-7-20(12(2)3)14-10-8-13(9-11-14)19-16(21)15(18)17(4,5)6/h8-12,15H,7,18H2,1-6H3,(H,19,21)/t15-/m1/s1. The zero-order valence-corrected chi connectivity index (χ0v) is 14.1. The van der Waals surface area contributed by atoms with Crippen LogP contribution in [0.2, 0.25) is 0 Å². The molecule has 118 valence electrons. The Morgan fingerprint density at radius 3 is 2.14 bits per heavy atom. The molecule has 1 atom stereocenters. The fourth-order valence-electron chi connectivity index (χ4n) is 2.20. The fraction of sp³-hybridized carbons (Fsp3) is 0.588. The molecule has 4 nitrogen and oxygen atoms in total. The van der Waals surface area contributed by atoms with Crippen LogP contribution in [0.4, 0.5) is 11.4 Å². The van der Waals surface area contributed by atoms with Crippen LogP contribution >= 0.6 is 0 Å². The lowest BCUT2D eigenvalue weighted by molar-refractivity contribution is -0.119. The lowest BCUT2D eigenvalue weighted by Gasteiger charge is -2.28. The smallest absolute Gasteiger partial charge is 0.241 e. The summed E-state index contributed by atoms with van der Waals surface area (Å²) in [5.41, 5.74) is 7.65. The second-order valence-corrected chi connectivity index (χ2v) is 6.76. The molecule has 0 radical (unpaired) electrons. The Morgan fingerprint density at radius 2 is 1.76 bits per heavy atom. The fourth-order valence-corrected chi connectivity index (χ4v) is 2.20. The van der Waals surface area contributed by atoms with Gasteiger partial charge in [0.2, 0.25) is 5.91 Å². The minimum Gasteiger partial charge on any atom is -0.369 e. The molecular weight excluding hydrogens is 262 g/mol. The second-order valence-electron chi connectivity index (χ2n) is 6.76. The quantitative estimate of drug-likeness (QED) is 0.875. The van der Waals surface area contributed by atoms with E-state index in [9.17, 15) is 4.79 Å². The van der Waals surface area contributed by atoms with Crippen molar-refractivity contribution < 1.29 is 4.79 Å². The number of nitrogens with two attached hydrogens (primary N) is 1. The van der Waals surface area contributed by atoms with E-state index in [1.54, 1.807) is 0 Å². The van der Waals surface area contributed by atoms with Gasteiger partial charge in [0.15, 0.2) is 0 Å². The summed E-state index contributed by atoms with van der Waals surface area (Å²) >= 11 is 0. The van der Waals surface area contributed by atoms with Crippen molar-refractivity contribution >= 4 is 17.3 Å². The van der Waals surface area contributed by atoms with Crippen molar-refractivity contribution in [2.75, 3.05) is 16.8 Å². The number of rotatable bonds is 5. The van der Waals surface area contributed by atoms with E-state index in [1.165, 1.54) is 0 Å². The van der Waals surface area contributed by atoms with Crippen molar-refractivity contribution in [1.82, 2.24) is 0 Å². The number of carbonyl (C=O) groups is 1. The molecule has 0 aliphatic rings. The molecule has 1 aromatic rings. The largest absolute Gasteiger partial charge is 0.369 e. The topological polar surface area (TPSA) is 58.4 Å². The van der Waals surface area contributed by atoms with Crippen molar-refractivity contribution in [3.05, 3.63) is 24.3 Å². The third-order valence-electron chi connectivity index (χ3n) is 3.65. The van der Waals surface area contributed by atoms with E-state index in [2.05, 4.69) is 31.0 Å². The molecule has 0 aliphatic carbocycles. The van der Waals surface area contributed by atoms with Crippen molar-refractivity contribution in [1.29, 1.82) is 0 Å². The van der Waals surface area contributed by atoms with Gasteiger partial charge in [0.1, 0.15) is 0 Å². The Balaban J connectivity index is 2.77. The maximum Gasteiger partial charge on any atom is 0.241 e. The SMILES string of the molecule is CCN(c1ccc(NC(=O)[C@@H](N)C(C)(C)C)cc1)C(C)C. The van der Waals surface area contributed by atoms with Gasteiger partial charge in [-0.25, -0.2) is 0 Å². The predicted octanol–water partition coefficient (Wildman–Crippen LogP) is 3.23. The molecule has 0 aromatic heterocycles. The highest BCUT2D eigenvalue weighted by molar-refractivity contribution is 5.95. The predicted molar refractivity (Wildman–Crippen MR) is 90.7 cm³/mol. The molecular formula is C17H29N3O. The normalized spacial score (nSPS) is 13.1. The zero-order chi connectivity index (χ0) is 16.2. The van der Waals surface area contributed by atoms with Crippen LogP contribution in [0.25, 0.3) is 0 Å². The maximum absolute atomic E-state index is 12.1. The van der Waals surface area contributed by atoms with Crippen molar-refractivity contribution in [2.24, 2.45) is 11.1 Å². The highest BCUT2D eigenvalue weighted by Gasteiger charge is 2.27. The number of nitrogens with one attached hydrogen (secondary N) is 1. The molecule has 0 saturated heterocycles. The Labute approximate surface area is 128 Å². The average molecular weight is 291 g/mol. The Bertz CT molecular complexity index is 460. The summed E-state index contributed by atoms with van der Waals surface area (Å²) in [6.07, 6.45) is 0. The molecule has 0 spiro atoms. The van der Waals surface area contributed by atoms with E-state index >= 15 is 0 Å². The van der Waals surface area contributed by atoms with Gasteiger partial charge in [0.25, 0.3) is 0 Å². The van der Waals surface area contributed by atoms with Crippen LogP contribution in [0.3, 0.4) is 0 Å². The van der Waals surface area contributed by atoms with Gasteiger partial charge in [-0.05, 0) is 50.5 Å². The van der Waals surface area contributed by atoms with E-state index in [0.717, 1.165) is 17.9 Å². The summed E-state index contributed by atoms with van der Waals surface area (Å²) in [6.45, 7) is 13.3. The first kappa shape index (κ1) is 17.5. The van der Waals surface area contributed by atoms with Crippen LogP contribution in [0.15, 0.2) is 24.3 Å². The number of anilines is 2. The van der Waals surface area contributed by atoms with Crippen LogP contribution in [0, 0.1) is 5.41 Å². The molecule has 1 amide bonds. The van der Waals surface area contributed by atoms with E-state index in [4.69, 9.17) is 5.73 Å². The van der Waals surface area contributed by atoms with Gasteiger partial charge in [-0.3, -0.25) is 4.79 Å². The first-order valence-electron chi connectivity index (χ1n) is 7.60. The van der Waals surface area contributed by atoms with Gasteiger partial charge in [-0.2, -0.15) is 0 Å². The van der Waals surface area contributed by atoms with E-state index in [0.29, 0.717) is 6.04 Å². The molecule has 0 heterocycles. The minimum absolute atomic E-state index is 0.147. The summed E-state index contributed by atoms with van der Waals surface area (Å²) in [5.74, 6) is -0.147. The third-order valence-corrected chi connectivity index (χ3v) is 3.65. The van der Waals surface area contributed by atoms with Crippen LogP contribution in [0.5, 0.6) is 0 Å². The third kappa shape index (κ3) is 4.74. The van der Waals surface area contributed by atoms with Gasteiger partial charge < -0.3 is 16.0 Å². The maximum atomic E-state index is 12.1. The van der Waals surface area contributed by atoms with Gasteiger partial charge in [0, 0.05) is 24.0 Å². The number of amides is 1. The Hall–Kier alpha value is -1.55. The van der Waals surface area contributed by atoms with Crippen LogP contribution in [0.1, 0.15) is 41.5 Å². The molecule has 0 fully saturated rings. The number of nitrogens with zero attached hydrogens (tertiary/aromatic N) is 1. The lowest BCUT2D eigenvalue weighted by Crippen LogP contribution is -2.45. The molecule has 0 unspecified atom stereocenters. The van der Waals surface area contributed by atoms with Gasteiger partial charge in [-0.1, -0.05) is 20.8 Å². The first-order chi connectivity index (χ1) is 9.66. The number of hydrogen-bond acceptors (Lipinski definition) is 3. The van der Waals surface area contributed by atoms with E-state index < -0.39 is 6.04 Å². The molecule has 0 saturated carbocycles. The Kier molecular flexibility index (Phi) is 5.78. The zero-order valence-electron chi connectivity index (χ0n) is 14.1. The molecule has 1 aromatic carbocycles. The number of benzene rings is 1. The van der Waals surface area contributed by atoms with Crippen LogP contribution in [-0.4, -0.2) is 24.5 Å². The lowest BCUT2D eigenvalue weighted by atomic mass is 9.87. The van der Waals surface area contributed by atoms with Gasteiger partial charge in [0.05, 0.1) is 6.04 Å². The molecule has 21 heavy (non-hydrogen) atoms. The average Bonchev–Trinajstić information content (AvgIpc) is 2.39. The molecule has 4 heteroatoms. The van der Waals surface area contributed by atoms with Gasteiger partial charge >= 0.3 is 0 Å². The molecule has 0 aliphatic heterocycles. The summed E-state index contributed by atoms with van der Waals surface area (Å²) < 4.78 is 0. The highest BCUT2D eigenvalue weighted by atomic mass is 16.2. The summed E-state index contributed by atoms with van der Waals surface area (Å²) in [4.78, 5) is 14.4. The minimum atomic E-state index is -0.528. The van der Waals surface area contributed by atoms with Crippen LogP contribution < -0.4 is 16.0 Å². The second kappa shape index (κ2) is 6.94. The van der Waals surface area contributed by atoms with Crippen molar-refractivity contribution in [3.8, 4) is 0 Å². The Morgan fingerprint density at radius 1 is 1.24 bits per heavy atom. The molecule has 3 N–H and O–H groups in total. The summed E-state index contributed by atoms with van der Waals surface area (Å²) in [5, 5.41) is 2.88. The molecule has 1 rings (SSSR count). The first-order valence-corrected chi connectivity index (χ1v) is 7.60. The van der Waals surface area contributed by atoms with Crippen LogP contribution in [-0.2, 0) is 4.79 Å². The van der Waals surface area contributed by atoms with E-state index in [1.807, 2.05) is 45.0 Å². The summed E-state index contributed by atoms with van der Waals surface area (Å²) in [6, 6.07) is 7.83. The monoisotopic (exact) mass is 291 g/mol. The number of hydrogen-bond donors (Lipinski definition) is 2. The number of carbonyl (C=O) groups excluding carboxylic acids is 1. The summed E-state index contributed by atoms with van der Waals surface area (Å²) in [7, 11) is 0. The van der Waals surface area contributed by atoms with Crippen molar-refractivity contribution in [3.63, 3.8) is 0 Å². The highest BCUT2D eigenvalue weighted by Crippen LogP contribution is 2.22. The van der Waals surface area contributed by atoms with E-state index in [-0.39, 0.29) is 11.3 Å². The van der Waals surface area contributed by atoms with Crippen molar-refractivity contribution in [2.45, 2.75) is 53.6 Å². The molecule has 0 bridgehead atoms. The van der Waals surface area contributed by atoms with Gasteiger partial charge in [-0.15, -0.1) is 0 Å².